The van der Waals surface area contributed by atoms with Crippen LogP contribution >= 0.6 is 0 Å². The van der Waals surface area contributed by atoms with Gasteiger partial charge in [0.05, 0.1) is 62.7 Å². The largest absolute Gasteiger partial charge is 0.487 e. The molecule has 1 aliphatic carbocycles. The fourth-order valence-corrected chi connectivity index (χ4v) is 6.42. The van der Waals surface area contributed by atoms with Crippen LogP contribution in [0.5, 0.6) is 11.6 Å². The van der Waals surface area contributed by atoms with E-state index in [-0.39, 0.29) is 24.4 Å². The number of rotatable bonds is 16. The summed E-state index contributed by atoms with van der Waals surface area (Å²) in [5.74, 6) is 1.34. The summed E-state index contributed by atoms with van der Waals surface area (Å²) in [6.45, 7) is 10.3. The highest BCUT2D eigenvalue weighted by Gasteiger charge is 2.32. The number of nitrogens with one attached hydrogen (secondary N) is 1. The van der Waals surface area contributed by atoms with E-state index in [0.29, 0.717) is 67.8 Å². The van der Waals surface area contributed by atoms with E-state index in [9.17, 15) is 5.26 Å². The number of morpholine rings is 1. The molecule has 0 spiro atoms. The molecule has 0 amide bonds. The van der Waals surface area contributed by atoms with E-state index in [0.717, 1.165) is 49.9 Å². The third kappa shape index (κ3) is 10.1. The van der Waals surface area contributed by atoms with Crippen LogP contribution in [-0.4, -0.2) is 109 Å². The lowest BCUT2D eigenvalue weighted by molar-refractivity contribution is -0.0852. The molecule has 0 unspecified atom stereocenters. The molecule has 1 saturated heterocycles. The van der Waals surface area contributed by atoms with Crippen molar-refractivity contribution >= 4 is 18.0 Å². The Kier molecular flexibility index (Phi) is 13.2. The molecule has 1 saturated carbocycles. The number of nitriles is 1. The highest BCUT2D eigenvalue weighted by Crippen LogP contribution is 2.35. The zero-order valence-corrected chi connectivity index (χ0v) is 29.0. The van der Waals surface area contributed by atoms with E-state index < -0.39 is 0 Å². The Morgan fingerprint density at radius 3 is 2.47 bits per heavy atom. The van der Waals surface area contributed by atoms with Crippen LogP contribution in [0.3, 0.4) is 0 Å². The van der Waals surface area contributed by atoms with Gasteiger partial charge in [-0.05, 0) is 64.2 Å². The molecule has 264 valence electrons. The van der Waals surface area contributed by atoms with Gasteiger partial charge in [0.15, 0.2) is 0 Å². The number of benzene rings is 1. The Labute approximate surface area is 288 Å². The standard InChI is InChI=1S/C35H49N9O5/c1-24(17-38-23-37)49-33-15-27(5-6-28(33)16-36)29-18-39-35(40-19-29)41-32-22-44(42-34(32)47-14-13-46-12-11-45-4)31-9-7-30(8-10-31)43-20-25(2)48-26(3)21-43/h5-6,15,18-19,22-26,30-31H,7-14,17,20-21H2,1-4H3,(H2,37,38)(H,39,40,41)/t24-,25-,26+,30?,31?/m0/s1. The van der Waals surface area contributed by atoms with Gasteiger partial charge in [0.25, 0.3) is 5.88 Å². The van der Waals surface area contributed by atoms with Crippen molar-refractivity contribution in [3.8, 4) is 28.8 Å². The predicted molar refractivity (Wildman–Crippen MR) is 186 cm³/mol. The molecule has 5 rings (SSSR count). The number of aromatic nitrogens is 4. The maximum atomic E-state index is 9.59. The molecular weight excluding hydrogens is 626 g/mol. The molecule has 1 aliphatic heterocycles. The molecule has 14 heteroatoms. The summed E-state index contributed by atoms with van der Waals surface area (Å²) in [4.78, 5) is 15.8. The van der Waals surface area contributed by atoms with Crippen LogP contribution in [-0.2, 0) is 14.2 Å². The minimum atomic E-state index is -0.258. The number of anilines is 2. The Bertz CT molecular complexity index is 1530. The van der Waals surface area contributed by atoms with Gasteiger partial charge in [-0.25, -0.2) is 9.97 Å². The Balaban J connectivity index is 1.27. The topological polar surface area (TPSA) is 167 Å². The average molecular weight is 676 g/mol. The van der Waals surface area contributed by atoms with Crippen molar-refractivity contribution in [3.63, 3.8) is 0 Å². The molecule has 3 atom stereocenters. The molecule has 2 aromatic heterocycles. The van der Waals surface area contributed by atoms with Crippen LogP contribution in [0.25, 0.3) is 11.1 Å². The summed E-state index contributed by atoms with van der Waals surface area (Å²) in [6, 6.07) is 8.40. The zero-order valence-electron chi connectivity index (χ0n) is 29.0. The van der Waals surface area contributed by atoms with Gasteiger partial charge < -0.3 is 34.7 Å². The number of aliphatic imine (C=N–C) groups is 1. The lowest BCUT2D eigenvalue weighted by Gasteiger charge is -2.42. The van der Waals surface area contributed by atoms with Crippen LogP contribution in [0.4, 0.5) is 11.6 Å². The molecule has 14 nitrogen and oxygen atoms in total. The molecular formula is C35H49N9O5. The highest BCUT2D eigenvalue weighted by atomic mass is 16.5. The fourth-order valence-electron chi connectivity index (χ4n) is 6.42. The smallest absolute Gasteiger partial charge is 0.257 e. The van der Waals surface area contributed by atoms with E-state index in [1.165, 1.54) is 6.34 Å². The van der Waals surface area contributed by atoms with Gasteiger partial charge in [-0.1, -0.05) is 6.07 Å². The molecule has 49 heavy (non-hydrogen) atoms. The van der Waals surface area contributed by atoms with E-state index in [4.69, 9.17) is 34.5 Å². The highest BCUT2D eigenvalue weighted by molar-refractivity contribution is 5.67. The Hall–Kier alpha value is -4.29. The summed E-state index contributed by atoms with van der Waals surface area (Å²) in [7, 11) is 1.65. The lowest BCUT2D eigenvalue weighted by atomic mass is 9.89. The van der Waals surface area contributed by atoms with Crippen molar-refractivity contribution in [2.24, 2.45) is 10.7 Å². The normalized spacial score (nSPS) is 22.1. The molecule has 0 bridgehead atoms. The molecule has 2 fully saturated rings. The average Bonchev–Trinajstić information content (AvgIpc) is 3.51. The maximum Gasteiger partial charge on any atom is 0.257 e. The van der Waals surface area contributed by atoms with Crippen molar-refractivity contribution < 1.29 is 23.7 Å². The first-order valence-corrected chi connectivity index (χ1v) is 17.0. The van der Waals surface area contributed by atoms with Gasteiger partial charge in [0, 0.05) is 44.2 Å². The fraction of sp³-hybridized carbons (Fsp3) is 0.571. The molecule has 1 aromatic carbocycles. The van der Waals surface area contributed by atoms with Gasteiger partial charge in [-0.3, -0.25) is 14.6 Å². The SMILES string of the molecule is COCCOCCOc1nn(C2CCC(N3C[C@@H](C)O[C@@H](C)C3)CC2)cc1Nc1ncc(-c2ccc(C#N)c(O[C@@H](C)CN=CN)c2)cn1. The first kappa shape index (κ1) is 36.0. The van der Waals surface area contributed by atoms with E-state index in [1.54, 1.807) is 25.6 Å². The number of hydrogen-bond donors (Lipinski definition) is 2. The molecule has 0 radical (unpaired) electrons. The second kappa shape index (κ2) is 17.9. The van der Waals surface area contributed by atoms with Gasteiger partial charge in [-0.2, -0.15) is 5.26 Å². The van der Waals surface area contributed by atoms with Gasteiger partial charge in [0.2, 0.25) is 5.95 Å². The van der Waals surface area contributed by atoms with Crippen molar-refractivity contribution in [1.29, 1.82) is 5.26 Å². The number of nitrogens with zero attached hydrogens (tertiary/aromatic N) is 7. The summed E-state index contributed by atoms with van der Waals surface area (Å²) in [5, 5.41) is 17.8. The lowest BCUT2D eigenvalue weighted by Crippen LogP contribution is -2.51. The Morgan fingerprint density at radius 2 is 1.78 bits per heavy atom. The molecule has 3 heterocycles. The van der Waals surface area contributed by atoms with Crippen LogP contribution in [0.1, 0.15) is 58.1 Å². The summed E-state index contributed by atoms with van der Waals surface area (Å²) >= 11 is 0. The molecule has 3 N–H and O–H groups in total. The molecule has 2 aliphatic rings. The summed E-state index contributed by atoms with van der Waals surface area (Å²) < 4.78 is 30.7. The van der Waals surface area contributed by atoms with Crippen LogP contribution < -0.4 is 20.5 Å². The van der Waals surface area contributed by atoms with Crippen molar-refractivity contribution in [2.45, 2.75) is 76.9 Å². The van der Waals surface area contributed by atoms with Gasteiger partial charge in [-0.15, -0.1) is 5.10 Å². The van der Waals surface area contributed by atoms with E-state index >= 15 is 0 Å². The first-order chi connectivity index (χ1) is 23.9. The van der Waals surface area contributed by atoms with Gasteiger partial charge >= 0.3 is 0 Å². The monoisotopic (exact) mass is 675 g/mol. The van der Waals surface area contributed by atoms with E-state index in [2.05, 4.69) is 45.1 Å². The van der Waals surface area contributed by atoms with Crippen LogP contribution in [0.15, 0.2) is 41.8 Å². The predicted octanol–water partition coefficient (Wildman–Crippen LogP) is 4.34. The number of hydrogen-bond acceptors (Lipinski definition) is 12. The van der Waals surface area contributed by atoms with Crippen LogP contribution in [0.2, 0.25) is 0 Å². The second-order valence-electron chi connectivity index (χ2n) is 12.6. The number of methoxy groups -OCH3 is 1. The number of nitrogens with two attached hydrogens (primary N) is 1. The minimum Gasteiger partial charge on any atom is -0.487 e. The number of ether oxygens (including phenoxy) is 5. The van der Waals surface area contributed by atoms with Crippen molar-refractivity contribution in [2.75, 3.05) is 58.5 Å². The second-order valence-corrected chi connectivity index (χ2v) is 12.6. The van der Waals surface area contributed by atoms with Crippen molar-refractivity contribution in [3.05, 3.63) is 42.4 Å². The Morgan fingerprint density at radius 1 is 1.06 bits per heavy atom. The minimum absolute atomic E-state index is 0.258. The third-order valence-electron chi connectivity index (χ3n) is 8.73. The van der Waals surface area contributed by atoms with Gasteiger partial charge in [0.1, 0.15) is 30.2 Å². The molecule has 3 aromatic rings. The summed E-state index contributed by atoms with van der Waals surface area (Å²) in [5.41, 5.74) is 8.07. The van der Waals surface area contributed by atoms with Crippen molar-refractivity contribution in [1.82, 2.24) is 24.6 Å². The third-order valence-corrected chi connectivity index (χ3v) is 8.73. The van der Waals surface area contributed by atoms with E-state index in [1.807, 2.05) is 29.9 Å². The maximum absolute atomic E-state index is 9.59. The zero-order chi connectivity index (χ0) is 34.6. The first-order valence-electron chi connectivity index (χ1n) is 17.0. The van der Waals surface area contributed by atoms with Crippen LogP contribution in [0, 0.1) is 11.3 Å². The quantitative estimate of drug-likeness (QED) is 0.125. The summed E-state index contributed by atoms with van der Waals surface area (Å²) in [6.07, 6.45) is 11.3.